The van der Waals surface area contributed by atoms with Crippen LogP contribution in [0.5, 0.6) is 0 Å². The normalized spacial score (nSPS) is 12.6. The average Bonchev–Trinajstić information content (AvgIpc) is 3.51. The Bertz CT molecular complexity index is 1310. The van der Waals surface area contributed by atoms with Crippen molar-refractivity contribution in [1.82, 2.24) is 25.0 Å². The Morgan fingerprint density at radius 1 is 1.06 bits per heavy atom. The molecule has 35 heavy (non-hydrogen) atoms. The molecule has 0 saturated carbocycles. The van der Waals surface area contributed by atoms with Gasteiger partial charge in [0.05, 0.1) is 0 Å². The van der Waals surface area contributed by atoms with Gasteiger partial charge in [0.2, 0.25) is 17.8 Å². The molecular formula is C24H24N8O3. The first-order valence-corrected chi connectivity index (χ1v) is 10.7. The van der Waals surface area contributed by atoms with Gasteiger partial charge in [0.25, 0.3) is 5.91 Å². The van der Waals surface area contributed by atoms with E-state index in [4.69, 9.17) is 5.73 Å². The standard InChI is InChI=1S/C24H24N8O3/c1-3-20(33)31-13-12-17(14-31)15-4-8-19(9-5-15)28-24(35)32-22(25)29-23(30-32)27-18-10-6-16(7-11-18)21(34)26-2/h3-12H,1,13-14H2,2H3,(H,26,34)(H,28,35)(H3,25,27,29,30). The van der Waals surface area contributed by atoms with Crippen LogP contribution < -0.4 is 21.7 Å². The molecule has 0 radical (unpaired) electrons. The maximum Gasteiger partial charge on any atom is 0.349 e. The Morgan fingerprint density at radius 2 is 1.74 bits per heavy atom. The minimum Gasteiger partial charge on any atom is -0.368 e. The molecule has 0 aliphatic carbocycles. The largest absolute Gasteiger partial charge is 0.368 e. The van der Waals surface area contributed by atoms with Gasteiger partial charge in [0, 0.05) is 37.1 Å². The maximum atomic E-state index is 12.7. The molecule has 5 N–H and O–H groups in total. The minimum absolute atomic E-state index is 0.0910. The third-order valence-corrected chi connectivity index (χ3v) is 5.37. The van der Waals surface area contributed by atoms with Crippen molar-refractivity contribution < 1.29 is 14.4 Å². The maximum absolute atomic E-state index is 12.7. The Labute approximate surface area is 201 Å². The lowest BCUT2D eigenvalue weighted by atomic mass is 10.1. The SMILES string of the molecule is C=CC(=O)N1CC=C(c2ccc(NC(=O)n3nc(Nc4ccc(C(=O)NC)cc4)nc3N)cc2)C1. The number of hydrogen-bond donors (Lipinski definition) is 4. The summed E-state index contributed by atoms with van der Waals surface area (Å²) in [4.78, 5) is 41.9. The summed E-state index contributed by atoms with van der Waals surface area (Å²) in [6.07, 6.45) is 3.29. The molecule has 0 atom stereocenters. The second kappa shape index (κ2) is 9.91. The van der Waals surface area contributed by atoms with Crippen LogP contribution in [0.4, 0.5) is 28.1 Å². The van der Waals surface area contributed by atoms with Gasteiger partial charge in [0.1, 0.15) is 0 Å². The van der Waals surface area contributed by atoms with Crippen molar-refractivity contribution in [3.63, 3.8) is 0 Å². The van der Waals surface area contributed by atoms with Crippen molar-refractivity contribution in [3.8, 4) is 0 Å². The first-order valence-electron chi connectivity index (χ1n) is 10.7. The van der Waals surface area contributed by atoms with Gasteiger partial charge in [-0.2, -0.15) is 4.98 Å². The summed E-state index contributed by atoms with van der Waals surface area (Å²) < 4.78 is 0.952. The number of benzene rings is 2. The predicted molar refractivity (Wildman–Crippen MR) is 133 cm³/mol. The molecule has 2 heterocycles. The Hall–Kier alpha value is -4.93. The Morgan fingerprint density at radius 3 is 2.40 bits per heavy atom. The fourth-order valence-electron chi connectivity index (χ4n) is 3.51. The molecule has 1 aliphatic rings. The summed E-state index contributed by atoms with van der Waals surface area (Å²) in [6, 6.07) is 13.3. The molecule has 11 heteroatoms. The molecule has 0 unspecified atom stereocenters. The van der Waals surface area contributed by atoms with Crippen LogP contribution in [-0.2, 0) is 4.79 Å². The fraction of sp³-hybridized carbons (Fsp3) is 0.125. The van der Waals surface area contributed by atoms with Crippen molar-refractivity contribution in [3.05, 3.63) is 78.4 Å². The molecule has 0 bridgehead atoms. The summed E-state index contributed by atoms with van der Waals surface area (Å²) in [5, 5.41) is 12.3. The number of nitrogens with two attached hydrogens (primary N) is 1. The first kappa shape index (κ1) is 23.2. The fourth-order valence-corrected chi connectivity index (χ4v) is 3.51. The monoisotopic (exact) mass is 472 g/mol. The molecule has 0 saturated heterocycles. The third-order valence-electron chi connectivity index (χ3n) is 5.37. The Balaban J connectivity index is 1.38. The smallest absolute Gasteiger partial charge is 0.349 e. The molecule has 1 aliphatic heterocycles. The van der Waals surface area contributed by atoms with E-state index >= 15 is 0 Å². The number of nitrogen functional groups attached to an aromatic ring is 1. The zero-order valence-electron chi connectivity index (χ0n) is 19.0. The number of hydrogen-bond acceptors (Lipinski definition) is 7. The highest BCUT2D eigenvalue weighted by Gasteiger charge is 2.19. The van der Waals surface area contributed by atoms with Crippen LogP contribution in [0.2, 0.25) is 0 Å². The topological polar surface area (TPSA) is 147 Å². The number of rotatable bonds is 6. The van der Waals surface area contributed by atoms with Gasteiger partial charge in [0.15, 0.2) is 0 Å². The number of carbonyl (C=O) groups is 3. The van der Waals surface area contributed by atoms with Crippen LogP contribution in [-0.4, -0.2) is 57.6 Å². The lowest BCUT2D eigenvalue weighted by Gasteiger charge is -2.14. The average molecular weight is 473 g/mol. The van der Waals surface area contributed by atoms with Gasteiger partial charge in [-0.05, 0) is 53.6 Å². The summed E-state index contributed by atoms with van der Waals surface area (Å²) in [5.74, 6) is -0.267. The number of anilines is 4. The summed E-state index contributed by atoms with van der Waals surface area (Å²) in [6.45, 7) is 4.57. The van der Waals surface area contributed by atoms with E-state index in [0.29, 0.717) is 30.0 Å². The number of amides is 3. The third kappa shape index (κ3) is 5.19. The van der Waals surface area contributed by atoms with Gasteiger partial charge < -0.3 is 26.6 Å². The van der Waals surface area contributed by atoms with Crippen LogP contribution in [0, 0.1) is 0 Å². The summed E-state index contributed by atoms with van der Waals surface area (Å²) in [5.41, 5.74) is 9.54. The predicted octanol–water partition coefficient (Wildman–Crippen LogP) is 2.46. The quantitative estimate of drug-likeness (QED) is 0.403. The van der Waals surface area contributed by atoms with E-state index in [-0.39, 0.29) is 23.7 Å². The zero-order chi connectivity index (χ0) is 24.9. The molecule has 0 spiro atoms. The molecule has 0 fully saturated rings. The van der Waals surface area contributed by atoms with Crippen molar-refractivity contribution in [2.45, 2.75) is 0 Å². The van der Waals surface area contributed by atoms with Crippen molar-refractivity contribution in [1.29, 1.82) is 0 Å². The van der Waals surface area contributed by atoms with Crippen molar-refractivity contribution in [2.75, 3.05) is 36.5 Å². The number of nitrogens with one attached hydrogen (secondary N) is 3. The van der Waals surface area contributed by atoms with Gasteiger partial charge in [-0.3, -0.25) is 9.59 Å². The van der Waals surface area contributed by atoms with Crippen LogP contribution in [0.15, 0.2) is 67.3 Å². The molecule has 4 rings (SSSR count). The second-order valence-corrected chi connectivity index (χ2v) is 7.65. The zero-order valence-corrected chi connectivity index (χ0v) is 19.0. The van der Waals surface area contributed by atoms with E-state index in [9.17, 15) is 14.4 Å². The van der Waals surface area contributed by atoms with E-state index < -0.39 is 6.03 Å². The highest BCUT2D eigenvalue weighted by molar-refractivity contribution is 5.94. The lowest BCUT2D eigenvalue weighted by molar-refractivity contribution is -0.124. The van der Waals surface area contributed by atoms with Crippen molar-refractivity contribution >= 4 is 46.7 Å². The van der Waals surface area contributed by atoms with Gasteiger partial charge in [-0.25, -0.2) is 4.79 Å². The van der Waals surface area contributed by atoms with Crippen LogP contribution in [0.1, 0.15) is 15.9 Å². The molecule has 178 valence electrons. The summed E-state index contributed by atoms with van der Waals surface area (Å²) >= 11 is 0. The number of nitrogens with zero attached hydrogens (tertiary/aromatic N) is 4. The first-order chi connectivity index (χ1) is 16.9. The van der Waals surface area contributed by atoms with Crippen LogP contribution >= 0.6 is 0 Å². The van der Waals surface area contributed by atoms with Crippen molar-refractivity contribution in [2.24, 2.45) is 0 Å². The molecule has 3 amide bonds. The minimum atomic E-state index is -0.575. The van der Waals surface area contributed by atoms with Gasteiger partial charge in [-0.15, -0.1) is 9.78 Å². The van der Waals surface area contributed by atoms with E-state index in [2.05, 4.69) is 32.6 Å². The molecular weight excluding hydrogens is 448 g/mol. The Kier molecular flexibility index (Phi) is 6.58. The molecule has 11 nitrogen and oxygen atoms in total. The molecule has 3 aromatic rings. The summed E-state index contributed by atoms with van der Waals surface area (Å²) in [7, 11) is 1.56. The van der Waals surface area contributed by atoms with E-state index in [1.165, 1.54) is 6.08 Å². The van der Waals surface area contributed by atoms with Crippen LogP contribution in [0.25, 0.3) is 5.57 Å². The number of carbonyl (C=O) groups excluding carboxylic acids is 3. The highest BCUT2D eigenvalue weighted by atomic mass is 16.2. The molecule has 1 aromatic heterocycles. The lowest BCUT2D eigenvalue weighted by Crippen LogP contribution is -2.26. The van der Waals surface area contributed by atoms with E-state index in [1.54, 1.807) is 48.3 Å². The van der Waals surface area contributed by atoms with Crippen LogP contribution in [0.3, 0.4) is 0 Å². The number of aromatic nitrogens is 3. The van der Waals surface area contributed by atoms with E-state index in [1.807, 2.05) is 18.2 Å². The van der Waals surface area contributed by atoms with E-state index in [0.717, 1.165) is 15.8 Å². The molecule has 2 aromatic carbocycles. The second-order valence-electron chi connectivity index (χ2n) is 7.65. The highest BCUT2D eigenvalue weighted by Crippen LogP contribution is 2.23. The van der Waals surface area contributed by atoms with Gasteiger partial charge in [-0.1, -0.05) is 24.8 Å². The van der Waals surface area contributed by atoms with Gasteiger partial charge >= 0.3 is 6.03 Å².